The van der Waals surface area contributed by atoms with Gasteiger partial charge in [0.15, 0.2) is 11.5 Å². The second-order valence-electron chi connectivity index (χ2n) is 6.61. The Morgan fingerprint density at radius 2 is 1.54 bits per heavy atom. The van der Waals surface area contributed by atoms with Gasteiger partial charge in [0, 0.05) is 0 Å². The summed E-state index contributed by atoms with van der Waals surface area (Å²) in [7, 11) is 3.21. The Morgan fingerprint density at radius 3 is 2.08 bits per heavy atom. The lowest BCUT2D eigenvalue weighted by molar-refractivity contribution is -0.150. The number of carbonyl (C=O) groups is 1. The van der Waals surface area contributed by atoms with Crippen LogP contribution in [0.3, 0.4) is 0 Å². The first-order valence-corrected chi connectivity index (χ1v) is 9.03. The van der Waals surface area contributed by atoms with Crippen LogP contribution < -0.4 is 9.47 Å². The fraction of sp³-hybridized carbons (Fsp3) is 0.409. The smallest absolute Gasteiger partial charge is 0.309 e. The Bertz CT molecular complexity index is 711. The van der Waals surface area contributed by atoms with Crippen molar-refractivity contribution in [2.24, 2.45) is 5.41 Å². The van der Waals surface area contributed by atoms with Gasteiger partial charge in [0.25, 0.3) is 0 Å². The molecule has 2 aromatic rings. The maximum absolute atomic E-state index is 12.1. The van der Waals surface area contributed by atoms with E-state index in [4.69, 9.17) is 9.47 Å². The molecule has 2 rings (SSSR count). The van der Waals surface area contributed by atoms with Crippen molar-refractivity contribution in [3.05, 3.63) is 59.7 Å². The Hall–Kier alpha value is -2.49. The van der Waals surface area contributed by atoms with Crippen LogP contribution in [-0.4, -0.2) is 25.3 Å². The number of rotatable bonds is 10. The molecule has 26 heavy (non-hydrogen) atoms. The van der Waals surface area contributed by atoms with Crippen molar-refractivity contribution in [2.75, 3.05) is 14.2 Å². The van der Waals surface area contributed by atoms with Gasteiger partial charge in [-0.1, -0.05) is 43.3 Å². The van der Waals surface area contributed by atoms with E-state index in [2.05, 4.69) is 12.1 Å². The van der Waals surface area contributed by atoms with Crippen LogP contribution in [0.25, 0.3) is 0 Å². The Balaban J connectivity index is 2.11. The van der Waals surface area contributed by atoms with Crippen molar-refractivity contribution < 1.29 is 19.4 Å². The minimum absolute atomic E-state index is 0.598. The summed E-state index contributed by atoms with van der Waals surface area (Å²) in [6, 6.07) is 15.8. The van der Waals surface area contributed by atoms with E-state index in [-0.39, 0.29) is 0 Å². The summed E-state index contributed by atoms with van der Waals surface area (Å²) in [5, 5.41) is 9.92. The first-order chi connectivity index (χ1) is 12.5. The number of hydrogen-bond donors (Lipinski definition) is 1. The highest BCUT2D eigenvalue weighted by atomic mass is 16.5. The van der Waals surface area contributed by atoms with Crippen LogP contribution in [-0.2, 0) is 17.6 Å². The quantitative estimate of drug-likeness (QED) is 0.667. The van der Waals surface area contributed by atoms with Gasteiger partial charge < -0.3 is 14.6 Å². The summed E-state index contributed by atoms with van der Waals surface area (Å²) in [6.45, 7) is 1.97. The van der Waals surface area contributed by atoms with E-state index >= 15 is 0 Å². The molecule has 1 atom stereocenters. The number of aliphatic carboxylic acids is 1. The number of carboxylic acids is 1. The highest BCUT2D eigenvalue weighted by Gasteiger charge is 2.35. The van der Waals surface area contributed by atoms with Gasteiger partial charge in [-0.25, -0.2) is 0 Å². The van der Waals surface area contributed by atoms with E-state index in [1.807, 2.05) is 43.3 Å². The molecular weight excluding hydrogens is 328 g/mol. The first kappa shape index (κ1) is 19.8. The molecule has 0 saturated carbocycles. The van der Waals surface area contributed by atoms with Gasteiger partial charge in [-0.15, -0.1) is 0 Å². The average Bonchev–Trinajstić information content (AvgIpc) is 2.68. The summed E-state index contributed by atoms with van der Waals surface area (Å²) in [6.07, 6.45) is 3.31. The molecule has 140 valence electrons. The molecule has 1 unspecified atom stereocenters. The summed E-state index contributed by atoms with van der Waals surface area (Å²) in [5.41, 5.74) is 1.52. The second kappa shape index (κ2) is 9.27. The second-order valence-corrected chi connectivity index (χ2v) is 6.61. The monoisotopic (exact) mass is 356 g/mol. The van der Waals surface area contributed by atoms with Gasteiger partial charge in [0.05, 0.1) is 19.6 Å². The molecule has 0 aliphatic rings. The normalized spacial score (nSPS) is 13.0. The lowest BCUT2D eigenvalue weighted by atomic mass is 9.75. The first-order valence-electron chi connectivity index (χ1n) is 9.03. The number of aryl methyl sites for hydroxylation is 2. The predicted molar refractivity (Wildman–Crippen MR) is 103 cm³/mol. The number of methoxy groups -OCH3 is 2. The van der Waals surface area contributed by atoms with Crippen molar-refractivity contribution in [3.8, 4) is 11.5 Å². The summed E-state index contributed by atoms with van der Waals surface area (Å²) < 4.78 is 10.6. The molecule has 0 aromatic heterocycles. The number of carboxylic acid groups (broad SMARTS) is 1. The van der Waals surface area contributed by atoms with E-state index in [0.717, 1.165) is 12.0 Å². The zero-order valence-corrected chi connectivity index (χ0v) is 15.8. The van der Waals surface area contributed by atoms with E-state index in [1.165, 1.54) is 5.56 Å². The van der Waals surface area contributed by atoms with Crippen LogP contribution in [0.2, 0.25) is 0 Å². The van der Waals surface area contributed by atoms with Gasteiger partial charge in [0.2, 0.25) is 0 Å². The van der Waals surface area contributed by atoms with Crippen LogP contribution in [0, 0.1) is 5.41 Å². The maximum atomic E-state index is 12.1. The highest BCUT2D eigenvalue weighted by molar-refractivity contribution is 5.74. The molecule has 0 saturated heterocycles. The molecule has 1 N–H and O–H groups in total. The minimum atomic E-state index is -0.719. The van der Waals surface area contributed by atoms with Crippen molar-refractivity contribution >= 4 is 5.97 Å². The topological polar surface area (TPSA) is 55.8 Å². The number of hydrogen-bond acceptors (Lipinski definition) is 3. The van der Waals surface area contributed by atoms with Crippen LogP contribution in [0.15, 0.2) is 48.5 Å². The number of benzene rings is 2. The van der Waals surface area contributed by atoms with Crippen molar-refractivity contribution in [3.63, 3.8) is 0 Å². The van der Waals surface area contributed by atoms with Crippen LogP contribution in [0.1, 0.15) is 37.3 Å². The molecule has 0 bridgehead atoms. The van der Waals surface area contributed by atoms with E-state index in [1.54, 1.807) is 14.2 Å². The Kier molecular flexibility index (Phi) is 7.07. The van der Waals surface area contributed by atoms with E-state index in [0.29, 0.717) is 37.2 Å². The Morgan fingerprint density at radius 1 is 0.923 bits per heavy atom. The molecule has 0 amide bonds. The van der Waals surface area contributed by atoms with Gasteiger partial charge in [-0.3, -0.25) is 4.79 Å². The minimum Gasteiger partial charge on any atom is -0.493 e. The predicted octanol–water partition coefficient (Wildman–Crippen LogP) is 4.75. The molecular formula is C22H28O4. The lowest BCUT2D eigenvalue weighted by Gasteiger charge is -2.28. The van der Waals surface area contributed by atoms with Gasteiger partial charge in [-0.2, -0.15) is 0 Å². The maximum Gasteiger partial charge on any atom is 0.309 e. The van der Waals surface area contributed by atoms with E-state index in [9.17, 15) is 9.90 Å². The fourth-order valence-electron chi connectivity index (χ4n) is 3.29. The fourth-order valence-corrected chi connectivity index (χ4v) is 3.29. The van der Waals surface area contributed by atoms with Crippen LogP contribution in [0.5, 0.6) is 11.5 Å². The molecule has 4 nitrogen and oxygen atoms in total. The standard InChI is InChI=1S/C22H28O4/c1-4-22(21(23)24,14-12-17-8-6-5-7-9-17)15-13-18-10-11-19(25-2)20(16-18)26-3/h5-11,16H,4,12-15H2,1-3H3,(H,23,24). The summed E-state index contributed by atoms with van der Waals surface area (Å²) >= 11 is 0. The lowest BCUT2D eigenvalue weighted by Crippen LogP contribution is -2.31. The average molecular weight is 356 g/mol. The van der Waals surface area contributed by atoms with Crippen LogP contribution in [0.4, 0.5) is 0 Å². The third-order valence-corrected chi connectivity index (χ3v) is 5.21. The third kappa shape index (κ3) is 4.78. The molecule has 0 radical (unpaired) electrons. The molecule has 0 heterocycles. The van der Waals surface area contributed by atoms with Crippen molar-refractivity contribution in [1.29, 1.82) is 0 Å². The molecule has 0 fully saturated rings. The SMILES string of the molecule is CCC(CCc1ccccc1)(CCc1ccc(OC)c(OC)c1)C(=O)O. The van der Waals surface area contributed by atoms with E-state index < -0.39 is 11.4 Å². The summed E-state index contributed by atoms with van der Waals surface area (Å²) in [4.78, 5) is 12.1. The Labute approximate surface area is 155 Å². The van der Waals surface area contributed by atoms with Crippen LogP contribution >= 0.6 is 0 Å². The van der Waals surface area contributed by atoms with Gasteiger partial charge >= 0.3 is 5.97 Å². The zero-order chi connectivity index (χ0) is 19.0. The molecule has 0 aliphatic carbocycles. The van der Waals surface area contributed by atoms with Gasteiger partial charge in [-0.05, 0) is 55.4 Å². The highest BCUT2D eigenvalue weighted by Crippen LogP contribution is 2.35. The third-order valence-electron chi connectivity index (χ3n) is 5.21. The van der Waals surface area contributed by atoms with Crippen molar-refractivity contribution in [2.45, 2.75) is 39.0 Å². The molecule has 4 heteroatoms. The zero-order valence-electron chi connectivity index (χ0n) is 15.8. The van der Waals surface area contributed by atoms with Crippen molar-refractivity contribution in [1.82, 2.24) is 0 Å². The molecule has 0 spiro atoms. The number of ether oxygens (including phenoxy) is 2. The molecule has 0 aliphatic heterocycles. The van der Waals surface area contributed by atoms with Gasteiger partial charge in [0.1, 0.15) is 0 Å². The molecule has 2 aromatic carbocycles. The largest absolute Gasteiger partial charge is 0.493 e. The summed E-state index contributed by atoms with van der Waals surface area (Å²) in [5.74, 6) is 0.642.